The van der Waals surface area contributed by atoms with Crippen LogP contribution in [0.1, 0.15) is 70.3 Å². The third-order valence-electron chi connectivity index (χ3n) is 7.79. The second-order valence-corrected chi connectivity index (χ2v) is 11.8. The van der Waals surface area contributed by atoms with Crippen molar-refractivity contribution in [3.05, 3.63) is 72.3 Å². The van der Waals surface area contributed by atoms with E-state index in [1.165, 1.54) is 28.7 Å². The van der Waals surface area contributed by atoms with Crippen molar-refractivity contribution in [2.24, 2.45) is 4.99 Å². The topological polar surface area (TPSA) is 82.6 Å². The van der Waals surface area contributed by atoms with E-state index in [9.17, 15) is 4.79 Å². The first kappa shape index (κ1) is 25.6. The molecular weight excluding hydrogens is 486 g/mol. The standard InChI is InChI=1S/C32H37N5O2/c1-32(2,3)39-31(38)37-17-5-7-29(37)27-18-25(19-34-27)23-10-8-21(9-11-23)22-12-14-24(15-13-22)28-20-35-30(36-28)26-6-4-16-33-26/h8-15,19-20,26,29,33H,4-7,16-18H2,1-3H3,(H,35,36)/t26-,29-/m0/s1. The van der Waals surface area contributed by atoms with Gasteiger partial charge in [0.1, 0.15) is 11.4 Å². The Morgan fingerprint density at radius 2 is 1.64 bits per heavy atom. The lowest BCUT2D eigenvalue weighted by Gasteiger charge is -2.28. The second kappa shape index (κ2) is 10.5. The highest BCUT2D eigenvalue weighted by Crippen LogP contribution is 2.32. The largest absolute Gasteiger partial charge is 0.444 e. The lowest BCUT2D eigenvalue weighted by atomic mass is 9.96. The van der Waals surface area contributed by atoms with Gasteiger partial charge in [0.15, 0.2) is 0 Å². The van der Waals surface area contributed by atoms with Crippen LogP contribution in [0.25, 0.3) is 28.0 Å². The number of rotatable bonds is 5. The van der Waals surface area contributed by atoms with Crippen LogP contribution in [-0.4, -0.2) is 51.4 Å². The maximum atomic E-state index is 12.7. The van der Waals surface area contributed by atoms with Gasteiger partial charge in [0.25, 0.3) is 0 Å². The minimum Gasteiger partial charge on any atom is -0.444 e. The van der Waals surface area contributed by atoms with E-state index in [1.54, 1.807) is 0 Å². The normalized spacial score (nSPS) is 21.3. The predicted octanol–water partition coefficient (Wildman–Crippen LogP) is 6.75. The van der Waals surface area contributed by atoms with Gasteiger partial charge in [-0.25, -0.2) is 9.78 Å². The van der Waals surface area contributed by atoms with E-state index in [4.69, 9.17) is 9.73 Å². The van der Waals surface area contributed by atoms with Gasteiger partial charge < -0.3 is 15.0 Å². The van der Waals surface area contributed by atoms with Crippen LogP contribution in [-0.2, 0) is 4.74 Å². The van der Waals surface area contributed by atoms with E-state index < -0.39 is 5.60 Å². The number of likely N-dealkylation sites (tertiary alicyclic amines) is 1. The molecule has 0 unspecified atom stereocenters. The number of aromatic amines is 1. The van der Waals surface area contributed by atoms with Crippen molar-refractivity contribution in [2.45, 2.75) is 70.6 Å². The minimum atomic E-state index is -0.497. The highest BCUT2D eigenvalue weighted by Gasteiger charge is 2.36. The van der Waals surface area contributed by atoms with Crippen molar-refractivity contribution in [3.63, 3.8) is 0 Å². The maximum Gasteiger partial charge on any atom is 0.410 e. The zero-order chi connectivity index (χ0) is 27.0. The summed E-state index contributed by atoms with van der Waals surface area (Å²) in [6.45, 7) is 7.51. The minimum absolute atomic E-state index is 0.0202. The van der Waals surface area contributed by atoms with Crippen molar-refractivity contribution >= 4 is 17.4 Å². The number of aromatic nitrogens is 2. The third kappa shape index (κ3) is 5.55. The van der Waals surface area contributed by atoms with E-state index in [2.05, 4.69) is 63.8 Å². The number of ether oxygens (including phenoxy) is 1. The van der Waals surface area contributed by atoms with E-state index in [0.717, 1.165) is 61.6 Å². The molecule has 3 aliphatic rings. The Balaban J connectivity index is 1.09. The summed E-state index contributed by atoms with van der Waals surface area (Å²) in [6, 6.07) is 17.7. The molecule has 7 nitrogen and oxygen atoms in total. The molecule has 4 heterocycles. The summed E-state index contributed by atoms with van der Waals surface area (Å²) < 4.78 is 5.64. The number of benzene rings is 2. The van der Waals surface area contributed by atoms with Crippen molar-refractivity contribution in [1.82, 2.24) is 20.2 Å². The molecule has 2 fully saturated rings. The number of allylic oxidation sites excluding steroid dienone is 1. The first-order chi connectivity index (χ1) is 18.8. The Kier molecular flexibility index (Phi) is 6.85. The molecule has 2 aromatic carbocycles. The van der Waals surface area contributed by atoms with E-state index in [0.29, 0.717) is 6.04 Å². The summed E-state index contributed by atoms with van der Waals surface area (Å²) in [4.78, 5) is 27.4. The van der Waals surface area contributed by atoms with Crippen molar-refractivity contribution in [1.29, 1.82) is 0 Å². The highest BCUT2D eigenvalue weighted by atomic mass is 16.6. The van der Waals surface area contributed by atoms with Crippen LogP contribution in [0.2, 0.25) is 0 Å². The summed E-state index contributed by atoms with van der Waals surface area (Å²) in [5, 5.41) is 3.50. The third-order valence-corrected chi connectivity index (χ3v) is 7.79. The summed E-state index contributed by atoms with van der Waals surface area (Å²) in [5.41, 5.74) is 7.46. The first-order valence-corrected chi connectivity index (χ1v) is 14.1. The Hall–Kier alpha value is -3.71. The van der Waals surface area contributed by atoms with Gasteiger partial charge >= 0.3 is 6.09 Å². The molecule has 2 N–H and O–H groups in total. The average Bonchev–Trinajstić information content (AvgIpc) is 3.74. The SMILES string of the molecule is CC(C)(C)OC(=O)N1CCC[C@H]1C1=NC=C(c2ccc(-c3ccc(-c4cnc([C@@H]5CCCN5)[nH]4)cc3)cc2)C1. The number of carbonyl (C=O) groups excluding carboxylic acids is 1. The molecule has 39 heavy (non-hydrogen) atoms. The molecule has 202 valence electrons. The van der Waals surface area contributed by atoms with Crippen molar-refractivity contribution in [2.75, 3.05) is 13.1 Å². The van der Waals surface area contributed by atoms with Crippen molar-refractivity contribution in [3.8, 4) is 22.4 Å². The van der Waals surface area contributed by atoms with Gasteiger partial charge in [-0.1, -0.05) is 48.5 Å². The van der Waals surface area contributed by atoms with Gasteiger partial charge in [0, 0.05) is 24.9 Å². The van der Waals surface area contributed by atoms with Crippen LogP contribution in [0.15, 0.2) is 65.9 Å². The Labute approximate surface area is 230 Å². The summed E-state index contributed by atoms with van der Waals surface area (Å²) in [6.07, 6.45) is 8.67. The smallest absolute Gasteiger partial charge is 0.410 e. The van der Waals surface area contributed by atoms with E-state index in [1.807, 2.05) is 38.1 Å². The second-order valence-electron chi connectivity index (χ2n) is 11.8. The average molecular weight is 524 g/mol. The number of nitrogens with one attached hydrogen (secondary N) is 2. The fourth-order valence-electron chi connectivity index (χ4n) is 5.78. The molecule has 0 bridgehead atoms. The fraction of sp³-hybridized carbons (Fsp3) is 0.406. The number of aliphatic imine (C=N–C) groups is 1. The number of hydrogen-bond donors (Lipinski definition) is 2. The molecule has 3 aromatic rings. The van der Waals surface area contributed by atoms with Gasteiger partial charge in [0.05, 0.1) is 24.0 Å². The number of H-pyrrole nitrogens is 1. The fourth-order valence-corrected chi connectivity index (χ4v) is 5.78. The molecule has 0 saturated carbocycles. The lowest BCUT2D eigenvalue weighted by molar-refractivity contribution is 0.0265. The van der Waals surface area contributed by atoms with Crippen LogP contribution < -0.4 is 5.32 Å². The maximum absolute atomic E-state index is 12.7. The van der Waals surface area contributed by atoms with Crippen molar-refractivity contribution < 1.29 is 9.53 Å². The molecular formula is C32H37N5O2. The quantitative estimate of drug-likeness (QED) is 0.387. The molecule has 1 amide bonds. The summed E-state index contributed by atoms with van der Waals surface area (Å²) in [5.74, 6) is 1.03. The Morgan fingerprint density at radius 1 is 0.949 bits per heavy atom. The van der Waals surface area contributed by atoms with Gasteiger partial charge in [-0.05, 0) is 80.8 Å². The van der Waals surface area contributed by atoms with E-state index in [-0.39, 0.29) is 12.1 Å². The predicted molar refractivity (Wildman–Crippen MR) is 155 cm³/mol. The number of hydrogen-bond acceptors (Lipinski definition) is 5. The van der Waals surface area contributed by atoms with Crippen LogP contribution in [0.4, 0.5) is 4.79 Å². The number of imidazole rings is 1. The molecule has 0 aliphatic carbocycles. The summed E-state index contributed by atoms with van der Waals surface area (Å²) in [7, 11) is 0. The van der Waals surface area contributed by atoms with Crippen LogP contribution in [0, 0.1) is 0 Å². The molecule has 2 saturated heterocycles. The molecule has 0 spiro atoms. The van der Waals surface area contributed by atoms with Gasteiger partial charge in [-0.2, -0.15) is 0 Å². The van der Waals surface area contributed by atoms with Gasteiger partial charge in [-0.15, -0.1) is 0 Å². The number of carbonyl (C=O) groups is 1. The Bertz CT molecular complexity index is 1390. The van der Waals surface area contributed by atoms with Crippen LogP contribution in [0.3, 0.4) is 0 Å². The van der Waals surface area contributed by atoms with Gasteiger partial charge in [0.2, 0.25) is 0 Å². The van der Waals surface area contributed by atoms with Gasteiger partial charge in [-0.3, -0.25) is 9.89 Å². The number of amides is 1. The zero-order valence-electron chi connectivity index (χ0n) is 23.0. The molecule has 2 atom stereocenters. The summed E-state index contributed by atoms with van der Waals surface area (Å²) >= 11 is 0. The molecule has 0 radical (unpaired) electrons. The highest BCUT2D eigenvalue weighted by molar-refractivity contribution is 6.03. The number of nitrogens with zero attached hydrogens (tertiary/aromatic N) is 3. The molecule has 1 aromatic heterocycles. The molecule has 3 aliphatic heterocycles. The van der Waals surface area contributed by atoms with Crippen LogP contribution in [0.5, 0.6) is 0 Å². The zero-order valence-corrected chi connectivity index (χ0v) is 23.0. The lowest BCUT2D eigenvalue weighted by Crippen LogP contribution is -2.43. The van der Waals surface area contributed by atoms with E-state index >= 15 is 0 Å². The molecule has 7 heteroatoms. The first-order valence-electron chi connectivity index (χ1n) is 14.1. The monoisotopic (exact) mass is 523 g/mol. The van der Waals surface area contributed by atoms with Crippen LogP contribution >= 0.6 is 0 Å². The Morgan fingerprint density at radius 3 is 2.31 bits per heavy atom. The molecule has 6 rings (SSSR count).